The topological polar surface area (TPSA) is 307 Å². The second-order valence-electron chi connectivity index (χ2n) is 14.4. The normalized spacial score (nSPS) is 38.6. The standard InChI is InChI=1S/C35H65NO18/c1-3-5-7-9-11-13-23(41)36-18(19(40)12-10-8-6-4-2)17-49-33-29(47)26(44)31(21(15-38)51-33)54-35-30(48)27(45)32(22(16-39)52-35)53-34-28(46)25(43)24(42)20(14-37)50-34/h18-22,24-35,37-40,42-48H,3-17H2,1-2H3,(H,36,41). The van der Waals surface area contributed by atoms with Gasteiger partial charge in [0.1, 0.15) is 73.2 Å². The summed E-state index contributed by atoms with van der Waals surface area (Å²) in [6.07, 6.45) is -17.4. The molecular formula is C35H65NO18. The molecule has 1 amide bonds. The number of aliphatic hydroxyl groups is 11. The summed E-state index contributed by atoms with van der Waals surface area (Å²) in [5.41, 5.74) is 0. The minimum absolute atomic E-state index is 0.261. The predicted octanol–water partition coefficient (Wildman–Crippen LogP) is -3.37. The van der Waals surface area contributed by atoms with E-state index in [0.29, 0.717) is 19.3 Å². The molecule has 3 heterocycles. The molecule has 3 rings (SSSR count). The van der Waals surface area contributed by atoms with Crippen molar-refractivity contribution in [3.05, 3.63) is 0 Å². The molecule has 19 nitrogen and oxygen atoms in total. The van der Waals surface area contributed by atoms with Gasteiger partial charge in [-0.25, -0.2) is 0 Å². The van der Waals surface area contributed by atoms with Crippen molar-refractivity contribution in [3.63, 3.8) is 0 Å². The number of amides is 1. The van der Waals surface area contributed by atoms with Gasteiger partial charge in [0.25, 0.3) is 0 Å². The van der Waals surface area contributed by atoms with Crippen LogP contribution in [0.15, 0.2) is 0 Å². The first-order valence-corrected chi connectivity index (χ1v) is 19.3. The molecule has 0 radical (unpaired) electrons. The first-order valence-electron chi connectivity index (χ1n) is 19.3. The Morgan fingerprint density at radius 3 is 1.59 bits per heavy atom. The van der Waals surface area contributed by atoms with Gasteiger partial charge in [-0.15, -0.1) is 0 Å². The number of ether oxygens (including phenoxy) is 6. The first-order chi connectivity index (χ1) is 25.8. The van der Waals surface area contributed by atoms with Crippen LogP contribution in [0.25, 0.3) is 0 Å². The van der Waals surface area contributed by atoms with Gasteiger partial charge in [-0.05, 0) is 12.8 Å². The summed E-state index contributed by atoms with van der Waals surface area (Å²) in [6.45, 7) is 1.46. The number of carbonyl (C=O) groups is 1. The van der Waals surface area contributed by atoms with Crippen LogP contribution in [0.3, 0.4) is 0 Å². The van der Waals surface area contributed by atoms with Crippen molar-refractivity contribution >= 4 is 5.91 Å². The summed E-state index contributed by atoms with van der Waals surface area (Å²) >= 11 is 0. The van der Waals surface area contributed by atoms with Gasteiger partial charge in [0, 0.05) is 6.42 Å². The fourth-order valence-corrected chi connectivity index (χ4v) is 6.78. The Kier molecular flexibility index (Phi) is 20.9. The van der Waals surface area contributed by atoms with Gasteiger partial charge in [0.2, 0.25) is 5.91 Å². The Morgan fingerprint density at radius 2 is 1.06 bits per heavy atom. The monoisotopic (exact) mass is 787 g/mol. The zero-order chi connectivity index (χ0) is 39.9. The third-order valence-corrected chi connectivity index (χ3v) is 10.2. The fraction of sp³-hybridized carbons (Fsp3) is 0.971. The molecule has 54 heavy (non-hydrogen) atoms. The Balaban J connectivity index is 1.64. The van der Waals surface area contributed by atoms with Gasteiger partial charge in [0.15, 0.2) is 18.9 Å². The molecule has 0 saturated carbocycles. The van der Waals surface area contributed by atoms with Crippen LogP contribution in [0.4, 0.5) is 0 Å². The lowest BCUT2D eigenvalue weighted by Gasteiger charge is -2.48. The Labute approximate surface area is 315 Å². The molecule has 0 aromatic carbocycles. The van der Waals surface area contributed by atoms with Gasteiger partial charge in [0.05, 0.1) is 38.6 Å². The maximum atomic E-state index is 12.8. The van der Waals surface area contributed by atoms with Crippen LogP contribution in [0.2, 0.25) is 0 Å². The number of carbonyl (C=O) groups excluding carboxylic acids is 1. The number of nitrogens with one attached hydrogen (secondary N) is 1. The minimum Gasteiger partial charge on any atom is -0.394 e. The maximum absolute atomic E-state index is 12.8. The molecule has 0 bridgehead atoms. The molecule has 3 fully saturated rings. The largest absolute Gasteiger partial charge is 0.394 e. The molecule has 0 aromatic rings. The van der Waals surface area contributed by atoms with Gasteiger partial charge in [-0.2, -0.15) is 0 Å². The number of hydrogen-bond acceptors (Lipinski definition) is 18. The molecule has 3 aliphatic rings. The maximum Gasteiger partial charge on any atom is 0.220 e. The van der Waals surface area contributed by atoms with Crippen molar-refractivity contribution < 1.29 is 89.4 Å². The summed E-state index contributed by atoms with van der Waals surface area (Å²) in [6, 6.07) is -0.870. The molecule has 17 unspecified atom stereocenters. The van der Waals surface area contributed by atoms with E-state index in [0.717, 1.165) is 44.9 Å². The van der Waals surface area contributed by atoms with E-state index in [1.807, 2.05) is 0 Å². The quantitative estimate of drug-likeness (QED) is 0.0450. The zero-order valence-corrected chi connectivity index (χ0v) is 31.2. The van der Waals surface area contributed by atoms with Crippen LogP contribution in [0.1, 0.15) is 84.5 Å². The van der Waals surface area contributed by atoms with E-state index >= 15 is 0 Å². The Bertz CT molecular complexity index is 1040. The number of unbranched alkanes of at least 4 members (excludes halogenated alkanes) is 7. The summed E-state index contributed by atoms with van der Waals surface area (Å²) in [5, 5.41) is 118. The van der Waals surface area contributed by atoms with Crippen LogP contribution < -0.4 is 5.32 Å². The van der Waals surface area contributed by atoms with E-state index in [-0.39, 0.29) is 18.9 Å². The van der Waals surface area contributed by atoms with Crippen LogP contribution >= 0.6 is 0 Å². The predicted molar refractivity (Wildman–Crippen MR) is 185 cm³/mol. The van der Waals surface area contributed by atoms with E-state index in [1.54, 1.807) is 0 Å². The van der Waals surface area contributed by atoms with Gasteiger partial charge >= 0.3 is 0 Å². The highest BCUT2D eigenvalue weighted by molar-refractivity contribution is 5.76. The lowest BCUT2D eigenvalue weighted by Crippen LogP contribution is -2.66. The molecule has 3 saturated heterocycles. The molecule has 17 atom stereocenters. The summed E-state index contributed by atoms with van der Waals surface area (Å²) < 4.78 is 33.7. The highest BCUT2D eigenvalue weighted by Gasteiger charge is 2.53. The van der Waals surface area contributed by atoms with Crippen LogP contribution in [-0.2, 0) is 33.2 Å². The Hall–Kier alpha value is -1.21. The van der Waals surface area contributed by atoms with Crippen molar-refractivity contribution in [2.75, 3.05) is 26.4 Å². The van der Waals surface area contributed by atoms with E-state index < -0.39 is 124 Å². The minimum atomic E-state index is -1.96. The van der Waals surface area contributed by atoms with Crippen LogP contribution in [0.5, 0.6) is 0 Å². The third-order valence-electron chi connectivity index (χ3n) is 10.2. The summed E-state index contributed by atoms with van der Waals surface area (Å²) in [7, 11) is 0. The van der Waals surface area contributed by atoms with Gasteiger partial charge in [-0.1, -0.05) is 65.2 Å². The van der Waals surface area contributed by atoms with Crippen molar-refractivity contribution in [2.24, 2.45) is 0 Å². The summed E-state index contributed by atoms with van der Waals surface area (Å²) in [4.78, 5) is 12.8. The number of hydrogen-bond donors (Lipinski definition) is 12. The molecule has 19 heteroatoms. The lowest BCUT2D eigenvalue weighted by molar-refractivity contribution is -0.379. The average Bonchev–Trinajstić information content (AvgIpc) is 3.16. The highest BCUT2D eigenvalue weighted by atomic mass is 16.8. The van der Waals surface area contributed by atoms with E-state index in [4.69, 9.17) is 28.4 Å². The van der Waals surface area contributed by atoms with Crippen molar-refractivity contribution in [1.29, 1.82) is 0 Å². The Morgan fingerprint density at radius 1 is 0.593 bits per heavy atom. The second kappa shape index (κ2) is 23.9. The van der Waals surface area contributed by atoms with E-state index in [2.05, 4.69) is 19.2 Å². The molecule has 0 spiro atoms. The zero-order valence-electron chi connectivity index (χ0n) is 31.2. The fourth-order valence-electron chi connectivity index (χ4n) is 6.78. The van der Waals surface area contributed by atoms with Gasteiger partial charge < -0.3 is 89.9 Å². The SMILES string of the molecule is CCCCCCCC(=O)NC(COC1OC(CO)C(OC2OC(CO)C(OC3OC(CO)C(O)C(O)C3O)C(O)C2O)C(O)C1O)C(O)CCCCCC. The molecule has 0 aliphatic carbocycles. The van der Waals surface area contributed by atoms with Crippen molar-refractivity contribution in [3.8, 4) is 0 Å². The second-order valence-corrected chi connectivity index (χ2v) is 14.4. The number of aliphatic hydroxyl groups excluding tert-OH is 11. The number of rotatable bonds is 23. The average molecular weight is 788 g/mol. The van der Waals surface area contributed by atoms with Crippen molar-refractivity contribution in [1.82, 2.24) is 5.32 Å². The van der Waals surface area contributed by atoms with E-state index in [1.165, 1.54) is 0 Å². The molecular weight excluding hydrogens is 722 g/mol. The molecule has 0 aromatic heterocycles. The van der Waals surface area contributed by atoms with Crippen LogP contribution in [-0.4, -0.2) is 193 Å². The third kappa shape index (κ3) is 12.9. The van der Waals surface area contributed by atoms with Crippen molar-refractivity contribution in [2.45, 2.75) is 189 Å². The summed E-state index contributed by atoms with van der Waals surface area (Å²) in [5.74, 6) is -0.269. The molecule has 12 N–H and O–H groups in total. The smallest absolute Gasteiger partial charge is 0.220 e. The molecule has 318 valence electrons. The lowest BCUT2D eigenvalue weighted by atomic mass is 9.96. The molecule has 3 aliphatic heterocycles. The van der Waals surface area contributed by atoms with E-state index in [9.17, 15) is 61.0 Å². The first kappa shape index (κ1) is 47.2. The highest BCUT2D eigenvalue weighted by Crippen LogP contribution is 2.32. The van der Waals surface area contributed by atoms with Crippen LogP contribution in [0, 0.1) is 0 Å². The van der Waals surface area contributed by atoms with Gasteiger partial charge in [-0.3, -0.25) is 4.79 Å².